The van der Waals surface area contributed by atoms with Crippen molar-refractivity contribution in [1.82, 2.24) is 9.62 Å². The van der Waals surface area contributed by atoms with Gasteiger partial charge in [-0.05, 0) is 56.5 Å². The molecule has 8 heteroatoms. The summed E-state index contributed by atoms with van der Waals surface area (Å²) in [6, 6.07) is 5.19. The Morgan fingerprint density at radius 2 is 1.76 bits per heavy atom. The van der Waals surface area contributed by atoms with Crippen LogP contribution in [0.5, 0.6) is 0 Å². The molecule has 2 rings (SSSR count). The van der Waals surface area contributed by atoms with E-state index in [4.69, 9.17) is 0 Å². The molecule has 1 aliphatic heterocycles. The van der Waals surface area contributed by atoms with Crippen molar-refractivity contribution in [2.24, 2.45) is 5.92 Å². The molecule has 142 valence electrons. The van der Waals surface area contributed by atoms with Gasteiger partial charge in [0.25, 0.3) is 0 Å². The number of rotatable bonds is 7. The molecule has 0 aliphatic carbocycles. The summed E-state index contributed by atoms with van der Waals surface area (Å²) < 4.78 is 51.3. The van der Waals surface area contributed by atoms with Crippen molar-refractivity contribution >= 4 is 19.9 Å². The highest BCUT2D eigenvalue weighted by Gasteiger charge is 2.22. The third kappa shape index (κ3) is 5.51. The Kier molecular flexibility index (Phi) is 6.64. The largest absolute Gasteiger partial charge is 0.301 e. The zero-order valence-corrected chi connectivity index (χ0v) is 16.7. The number of sulfone groups is 1. The molecule has 1 heterocycles. The average molecular weight is 389 g/mol. The van der Waals surface area contributed by atoms with E-state index in [1.165, 1.54) is 30.7 Å². The molecule has 1 N–H and O–H groups in total. The van der Waals surface area contributed by atoms with E-state index < -0.39 is 19.9 Å². The van der Waals surface area contributed by atoms with Gasteiger partial charge in [0.15, 0.2) is 9.84 Å². The molecule has 1 aromatic rings. The number of hydrogen-bond acceptors (Lipinski definition) is 5. The molecule has 0 saturated carbocycles. The first-order valence-corrected chi connectivity index (χ1v) is 11.8. The minimum atomic E-state index is -3.66. The first-order chi connectivity index (χ1) is 11.6. The van der Waals surface area contributed by atoms with Crippen molar-refractivity contribution in [2.75, 3.05) is 25.4 Å². The lowest BCUT2D eigenvalue weighted by atomic mass is 10.00. The van der Waals surface area contributed by atoms with E-state index in [9.17, 15) is 16.8 Å². The highest BCUT2D eigenvalue weighted by Crippen LogP contribution is 2.17. The van der Waals surface area contributed by atoms with Crippen LogP contribution in [-0.2, 0) is 19.9 Å². The molecule has 0 amide bonds. The predicted molar refractivity (Wildman–Crippen MR) is 98.8 cm³/mol. The second kappa shape index (κ2) is 8.16. The molecule has 6 nitrogen and oxygen atoms in total. The fraction of sp³-hybridized carbons (Fsp3) is 0.647. The lowest BCUT2D eigenvalue weighted by Gasteiger charge is -2.32. The van der Waals surface area contributed by atoms with Gasteiger partial charge in [0, 0.05) is 19.1 Å². The van der Waals surface area contributed by atoms with E-state index in [0.29, 0.717) is 12.5 Å². The van der Waals surface area contributed by atoms with Crippen LogP contribution >= 0.6 is 0 Å². The normalized spacial score (nSPS) is 21.2. The van der Waals surface area contributed by atoms with Gasteiger partial charge in [-0.25, -0.2) is 21.6 Å². The van der Waals surface area contributed by atoms with Crippen molar-refractivity contribution in [3.8, 4) is 0 Å². The highest BCUT2D eigenvalue weighted by molar-refractivity contribution is 7.91. The van der Waals surface area contributed by atoms with Crippen molar-refractivity contribution in [3.63, 3.8) is 0 Å². The lowest BCUT2D eigenvalue weighted by Crippen LogP contribution is -2.45. The Hall–Kier alpha value is -0.960. The van der Waals surface area contributed by atoms with Gasteiger partial charge in [0.05, 0.1) is 15.5 Å². The smallest absolute Gasteiger partial charge is 0.240 e. The maximum absolute atomic E-state index is 12.5. The summed E-state index contributed by atoms with van der Waals surface area (Å²) in [5.74, 6) is 0.633. The van der Waals surface area contributed by atoms with Crippen LogP contribution in [0.1, 0.15) is 33.6 Å². The van der Waals surface area contributed by atoms with Gasteiger partial charge in [-0.3, -0.25) is 0 Å². The second-order valence-electron chi connectivity index (χ2n) is 6.90. The molecular weight excluding hydrogens is 360 g/mol. The Labute approximate surface area is 151 Å². The number of nitrogens with zero attached hydrogens (tertiary/aromatic N) is 1. The van der Waals surface area contributed by atoms with E-state index in [1.807, 2.05) is 6.92 Å². The van der Waals surface area contributed by atoms with Crippen LogP contribution in [-0.4, -0.2) is 53.2 Å². The number of benzene rings is 1. The van der Waals surface area contributed by atoms with Crippen LogP contribution in [0.2, 0.25) is 0 Å². The van der Waals surface area contributed by atoms with Crippen molar-refractivity contribution in [2.45, 2.75) is 49.4 Å². The molecule has 0 bridgehead atoms. The van der Waals surface area contributed by atoms with Crippen LogP contribution in [0.4, 0.5) is 0 Å². The fourth-order valence-electron chi connectivity index (χ4n) is 3.20. The molecule has 2 atom stereocenters. The lowest BCUT2D eigenvalue weighted by molar-refractivity contribution is 0.174. The minimum absolute atomic E-state index is 0.0113. The van der Waals surface area contributed by atoms with Crippen LogP contribution in [0.15, 0.2) is 34.1 Å². The molecule has 0 unspecified atom stereocenters. The van der Waals surface area contributed by atoms with E-state index in [2.05, 4.69) is 16.5 Å². The molecular formula is C17H28N2O4S2. The van der Waals surface area contributed by atoms with Crippen molar-refractivity contribution in [1.29, 1.82) is 0 Å². The quantitative estimate of drug-likeness (QED) is 0.771. The minimum Gasteiger partial charge on any atom is -0.301 e. The zero-order chi connectivity index (χ0) is 18.7. The highest BCUT2D eigenvalue weighted by atomic mass is 32.2. The van der Waals surface area contributed by atoms with Gasteiger partial charge >= 0.3 is 0 Å². The molecule has 0 spiro atoms. The van der Waals surface area contributed by atoms with Gasteiger partial charge < -0.3 is 4.90 Å². The Balaban J connectivity index is 2.03. The molecule has 0 radical (unpaired) electrons. The van der Waals surface area contributed by atoms with Gasteiger partial charge in [-0.1, -0.05) is 13.8 Å². The van der Waals surface area contributed by atoms with Gasteiger partial charge in [0.1, 0.15) is 0 Å². The molecule has 1 aromatic carbocycles. The van der Waals surface area contributed by atoms with Crippen LogP contribution in [0.3, 0.4) is 0 Å². The molecule has 1 saturated heterocycles. The molecule has 25 heavy (non-hydrogen) atoms. The summed E-state index contributed by atoms with van der Waals surface area (Å²) in [6.07, 6.45) is 2.37. The van der Waals surface area contributed by atoms with Crippen LogP contribution in [0, 0.1) is 5.92 Å². The van der Waals surface area contributed by atoms with E-state index in [0.717, 1.165) is 19.5 Å². The predicted octanol–water partition coefficient (Wildman–Crippen LogP) is 1.88. The number of likely N-dealkylation sites (tertiary alicyclic amines) is 1. The monoisotopic (exact) mass is 388 g/mol. The first-order valence-electron chi connectivity index (χ1n) is 8.71. The maximum atomic E-state index is 12.5. The number of hydrogen-bond donors (Lipinski definition) is 1. The average Bonchev–Trinajstić information content (AvgIpc) is 2.54. The van der Waals surface area contributed by atoms with E-state index in [-0.39, 0.29) is 21.6 Å². The number of piperidine rings is 1. The van der Waals surface area contributed by atoms with Gasteiger partial charge in [0.2, 0.25) is 10.0 Å². The number of nitrogens with one attached hydrogen (secondary N) is 1. The summed E-state index contributed by atoms with van der Waals surface area (Å²) in [5, 5.41) is 0. The Morgan fingerprint density at radius 1 is 1.16 bits per heavy atom. The topological polar surface area (TPSA) is 83.5 Å². The third-order valence-corrected chi connectivity index (χ3v) is 7.86. The first kappa shape index (κ1) is 20.4. The maximum Gasteiger partial charge on any atom is 0.240 e. The Bertz CT molecular complexity index is 773. The third-order valence-electron chi connectivity index (χ3n) is 4.50. The van der Waals surface area contributed by atoms with Crippen LogP contribution in [0.25, 0.3) is 0 Å². The molecule has 0 aromatic heterocycles. The van der Waals surface area contributed by atoms with Crippen molar-refractivity contribution < 1.29 is 16.8 Å². The Morgan fingerprint density at radius 3 is 2.32 bits per heavy atom. The fourth-order valence-corrected chi connectivity index (χ4v) is 5.32. The summed E-state index contributed by atoms with van der Waals surface area (Å²) >= 11 is 0. The van der Waals surface area contributed by atoms with Gasteiger partial charge in [-0.2, -0.15) is 0 Å². The summed E-state index contributed by atoms with van der Waals surface area (Å²) in [7, 11) is -6.99. The second-order valence-corrected chi connectivity index (χ2v) is 10.9. The zero-order valence-electron chi connectivity index (χ0n) is 15.1. The van der Waals surface area contributed by atoms with E-state index >= 15 is 0 Å². The summed E-state index contributed by atoms with van der Waals surface area (Å²) in [5.41, 5.74) is 0. The molecule has 1 fully saturated rings. The SMILES string of the molecule is CCS(=O)(=O)c1ccc(S(=O)(=O)N[C@H](C)CN2CCC[C@H](C)C2)cc1. The molecule has 1 aliphatic rings. The number of sulfonamides is 1. The summed E-state index contributed by atoms with van der Waals surface area (Å²) in [4.78, 5) is 2.52. The van der Waals surface area contributed by atoms with Crippen LogP contribution < -0.4 is 4.72 Å². The van der Waals surface area contributed by atoms with Gasteiger partial charge in [-0.15, -0.1) is 0 Å². The summed E-state index contributed by atoms with van der Waals surface area (Å²) in [6.45, 7) is 8.30. The standard InChI is InChI=1S/C17H28N2O4S2/c1-4-24(20,21)16-7-9-17(10-8-16)25(22,23)18-15(3)13-19-11-5-6-14(2)12-19/h7-10,14-15,18H,4-6,11-13H2,1-3H3/t14-,15+/m0/s1. The van der Waals surface area contributed by atoms with Crippen molar-refractivity contribution in [3.05, 3.63) is 24.3 Å². The van der Waals surface area contributed by atoms with E-state index in [1.54, 1.807) is 6.92 Å².